The molecule has 1 aliphatic heterocycles. The Labute approximate surface area is 260 Å². The van der Waals surface area contributed by atoms with Crippen LogP contribution in [-0.2, 0) is 10.0 Å². The van der Waals surface area contributed by atoms with Crippen LogP contribution in [0.5, 0.6) is 5.75 Å². The van der Waals surface area contributed by atoms with E-state index in [4.69, 9.17) is 0 Å². The third-order valence-electron chi connectivity index (χ3n) is 9.93. The highest BCUT2D eigenvalue weighted by atomic mass is 32.2. The second-order valence-corrected chi connectivity index (χ2v) is 15.0. The maximum Gasteiger partial charge on any atom is 0.285 e. The van der Waals surface area contributed by atoms with Crippen molar-refractivity contribution in [2.45, 2.75) is 38.5 Å². The molecule has 0 spiro atoms. The maximum atomic E-state index is 14.9. The number of aromatic hydroxyl groups is 1. The topological polar surface area (TPSA) is 146 Å². The summed E-state index contributed by atoms with van der Waals surface area (Å²) in [6.07, 6.45) is 9.14. The standard InChI is InChI=1S/C32H35FN6O5S/c33-27-13-23(1-2-26(27)24-12-25(40)18-34-17-24)31(42)39-7-5-38(6-8-39)29-4-3-28(35-36-29)30(41)37-45(43,44)19-32-14-20-9-21(15-32)11-22(10-20)16-32/h1-4,12-13,17-18,20-22,40H,5-11,14-16,19H2,(H,37,41). The summed E-state index contributed by atoms with van der Waals surface area (Å²) in [7, 11) is -3.83. The second-order valence-electron chi connectivity index (χ2n) is 13.3. The van der Waals surface area contributed by atoms with Crippen LogP contribution in [-0.4, -0.2) is 77.4 Å². The summed E-state index contributed by atoms with van der Waals surface area (Å²) < 4.78 is 43.2. The lowest BCUT2D eigenvalue weighted by Crippen LogP contribution is -2.51. The number of anilines is 1. The Morgan fingerprint density at radius 2 is 1.62 bits per heavy atom. The van der Waals surface area contributed by atoms with Crippen molar-refractivity contribution >= 4 is 27.7 Å². The second kappa shape index (κ2) is 11.3. The first-order chi connectivity index (χ1) is 21.5. The number of hydrogen-bond acceptors (Lipinski definition) is 9. The van der Waals surface area contributed by atoms with Crippen LogP contribution in [0.1, 0.15) is 59.4 Å². The Kier molecular flexibility index (Phi) is 7.46. The molecule has 5 aliphatic rings. The average molecular weight is 635 g/mol. The van der Waals surface area contributed by atoms with Gasteiger partial charge < -0.3 is 14.9 Å². The molecule has 2 N–H and O–H groups in total. The number of carbonyl (C=O) groups is 2. The first-order valence-corrected chi connectivity index (χ1v) is 17.1. The smallest absolute Gasteiger partial charge is 0.285 e. The van der Waals surface area contributed by atoms with Crippen LogP contribution >= 0.6 is 0 Å². The van der Waals surface area contributed by atoms with E-state index in [-0.39, 0.29) is 39.6 Å². The Hall–Kier alpha value is -4.13. The Morgan fingerprint density at radius 1 is 0.933 bits per heavy atom. The largest absolute Gasteiger partial charge is 0.506 e. The summed E-state index contributed by atoms with van der Waals surface area (Å²) >= 11 is 0. The predicted molar refractivity (Wildman–Crippen MR) is 163 cm³/mol. The minimum atomic E-state index is -3.83. The molecule has 3 heterocycles. The number of amides is 2. The van der Waals surface area contributed by atoms with Crippen LogP contribution in [0.3, 0.4) is 0 Å². The lowest BCUT2D eigenvalue weighted by atomic mass is 9.50. The molecule has 1 saturated heterocycles. The van der Waals surface area contributed by atoms with E-state index in [0.29, 0.717) is 55.3 Å². The van der Waals surface area contributed by atoms with Crippen LogP contribution in [0.4, 0.5) is 10.2 Å². The summed E-state index contributed by atoms with van der Waals surface area (Å²) in [5.41, 5.74) is 0.557. The molecular formula is C32H35FN6O5S. The SMILES string of the molecule is O=C(NS(=O)(=O)CC12CC3CC(CC(C3)C1)C2)c1ccc(N2CCN(C(=O)c3ccc(-c4cncc(O)c4)c(F)c3)CC2)nn1. The fourth-order valence-corrected chi connectivity index (χ4v) is 10.1. The molecule has 1 aromatic carbocycles. The van der Waals surface area contributed by atoms with Gasteiger partial charge in [0.2, 0.25) is 10.0 Å². The first-order valence-electron chi connectivity index (χ1n) is 15.4. The van der Waals surface area contributed by atoms with Crippen molar-refractivity contribution < 1.29 is 27.5 Å². The van der Waals surface area contributed by atoms with Crippen molar-refractivity contribution in [1.29, 1.82) is 0 Å². The van der Waals surface area contributed by atoms with Crippen molar-refractivity contribution in [2.24, 2.45) is 23.2 Å². The zero-order valence-corrected chi connectivity index (χ0v) is 25.5. The van der Waals surface area contributed by atoms with E-state index in [1.807, 2.05) is 4.90 Å². The van der Waals surface area contributed by atoms with Crippen molar-refractivity contribution in [3.8, 4) is 16.9 Å². The molecule has 3 aromatic rings. The molecule has 4 saturated carbocycles. The van der Waals surface area contributed by atoms with Crippen LogP contribution in [0.25, 0.3) is 11.1 Å². The minimum Gasteiger partial charge on any atom is -0.506 e. The highest BCUT2D eigenvalue weighted by Gasteiger charge is 2.52. The normalized spacial score (nSPS) is 25.8. The van der Waals surface area contributed by atoms with E-state index in [1.165, 1.54) is 55.9 Å². The number of nitrogens with zero attached hydrogens (tertiary/aromatic N) is 5. The van der Waals surface area contributed by atoms with Crippen molar-refractivity contribution in [1.82, 2.24) is 24.8 Å². The fraction of sp³-hybridized carbons (Fsp3) is 0.469. The maximum absolute atomic E-state index is 14.9. The number of pyridine rings is 1. The molecule has 2 aromatic heterocycles. The Balaban J connectivity index is 0.934. The van der Waals surface area contributed by atoms with E-state index in [9.17, 15) is 27.5 Å². The quantitative estimate of drug-likeness (QED) is 0.398. The van der Waals surface area contributed by atoms with Crippen LogP contribution in [0.15, 0.2) is 48.8 Å². The summed E-state index contributed by atoms with van der Waals surface area (Å²) in [6, 6.07) is 8.72. The van der Waals surface area contributed by atoms with Gasteiger partial charge in [-0.05, 0) is 92.0 Å². The molecular weight excluding hydrogens is 599 g/mol. The fourth-order valence-electron chi connectivity index (χ4n) is 8.49. The molecule has 236 valence electrons. The zero-order valence-electron chi connectivity index (χ0n) is 24.7. The van der Waals surface area contributed by atoms with E-state index in [2.05, 4.69) is 19.9 Å². The highest BCUT2D eigenvalue weighted by Crippen LogP contribution is 2.60. The number of rotatable bonds is 7. The molecule has 0 atom stereocenters. The highest BCUT2D eigenvalue weighted by molar-refractivity contribution is 7.90. The lowest BCUT2D eigenvalue weighted by Gasteiger charge is -2.56. The molecule has 13 heteroatoms. The summed E-state index contributed by atoms with van der Waals surface area (Å²) in [6.45, 7) is 1.62. The van der Waals surface area contributed by atoms with Gasteiger partial charge in [-0.3, -0.25) is 14.6 Å². The monoisotopic (exact) mass is 634 g/mol. The van der Waals surface area contributed by atoms with Crippen molar-refractivity contribution in [3.05, 3.63) is 65.9 Å². The van der Waals surface area contributed by atoms with Gasteiger partial charge in [0.05, 0.1) is 11.9 Å². The van der Waals surface area contributed by atoms with Gasteiger partial charge in [-0.1, -0.05) is 6.07 Å². The molecule has 4 bridgehead atoms. The first kappa shape index (κ1) is 29.6. The number of aromatic nitrogens is 3. The molecule has 2 amide bonds. The van der Waals surface area contributed by atoms with Crippen LogP contribution < -0.4 is 9.62 Å². The summed E-state index contributed by atoms with van der Waals surface area (Å²) in [5.74, 6) is 0.574. The summed E-state index contributed by atoms with van der Waals surface area (Å²) in [5, 5.41) is 17.8. The van der Waals surface area contributed by atoms with E-state index in [1.54, 1.807) is 17.0 Å². The van der Waals surface area contributed by atoms with Gasteiger partial charge in [0, 0.05) is 49.1 Å². The van der Waals surface area contributed by atoms with E-state index in [0.717, 1.165) is 19.3 Å². The van der Waals surface area contributed by atoms with Crippen molar-refractivity contribution in [3.63, 3.8) is 0 Å². The number of carbonyl (C=O) groups excluding carboxylic acids is 2. The van der Waals surface area contributed by atoms with E-state index >= 15 is 0 Å². The number of nitrogens with one attached hydrogen (secondary N) is 1. The van der Waals surface area contributed by atoms with Gasteiger partial charge in [0.25, 0.3) is 11.8 Å². The number of sulfonamides is 1. The molecule has 0 radical (unpaired) electrons. The van der Waals surface area contributed by atoms with Gasteiger partial charge >= 0.3 is 0 Å². The number of hydrogen-bond donors (Lipinski definition) is 2. The third kappa shape index (κ3) is 6.09. The van der Waals surface area contributed by atoms with Crippen LogP contribution in [0, 0.1) is 29.0 Å². The van der Waals surface area contributed by atoms with Gasteiger partial charge in [-0.15, -0.1) is 10.2 Å². The van der Waals surface area contributed by atoms with Gasteiger partial charge in [-0.25, -0.2) is 17.5 Å². The van der Waals surface area contributed by atoms with Gasteiger partial charge in [-0.2, -0.15) is 0 Å². The third-order valence-corrected chi connectivity index (χ3v) is 11.4. The molecule has 8 rings (SSSR count). The Morgan fingerprint density at radius 3 is 2.22 bits per heavy atom. The number of piperazine rings is 1. The Bertz CT molecular complexity index is 1710. The predicted octanol–water partition coefficient (Wildman–Crippen LogP) is 3.62. The number of halogens is 1. The molecule has 4 aliphatic carbocycles. The molecule has 0 unspecified atom stereocenters. The zero-order chi connectivity index (χ0) is 31.3. The molecule has 11 nitrogen and oxygen atoms in total. The average Bonchev–Trinajstić information content (AvgIpc) is 2.99. The van der Waals surface area contributed by atoms with Gasteiger partial charge in [0.15, 0.2) is 11.5 Å². The lowest BCUT2D eigenvalue weighted by molar-refractivity contribution is -0.0391. The molecule has 5 fully saturated rings. The van der Waals surface area contributed by atoms with Crippen LogP contribution in [0.2, 0.25) is 0 Å². The van der Waals surface area contributed by atoms with Crippen molar-refractivity contribution in [2.75, 3.05) is 36.8 Å². The summed E-state index contributed by atoms with van der Waals surface area (Å²) in [4.78, 5) is 33.4. The number of benzene rings is 1. The molecule has 45 heavy (non-hydrogen) atoms. The minimum absolute atomic E-state index is 0.0183. The van der Waals surface area contributed by atoms with E-state index < -0.39 is 21.7 Å². The van der Waals surface area contributed by atoms with Gasteiger partial charge in [0.1, 0.15) is 11.6 Å².